The topological polar surface area (TPSA) is 60.2 Å². The third-order valence-corrected chi connectivity index (χ3v) is 2.33. The van der Waals surface area contributed by atoms with Gasteiger partial charge in [0.15, 0.2) is 0 Å². The third-order valence-electron chi connectivity index (χ3n) is 2.33. The largest absolute Gasteiger partial charge is 0.371 e. The van der Waals surface area contributed by atoms with E-state index in [9.17, 15) is 0 Å². The van der Waals surface area contributed by atoms with Gasteiger partial charge in [0, 0.05) is 13.5 Å². The number of hydrogen-bond donors (Lipinski definition) is 1. The first-order chi connectivity index (χ1) is 7.10. The van der Waals surface area contributed by atoms with Crippen LogP contribution in [0.2, 0.25) is 0 Å². The van der Waals surface area contributed by atoms with E-state index in [1.807, 2.05) is 20.9 Å². The minimum absolute atomic E-state index is 0.481. The Bertz CT molecular complexity index is 297. The summed E-state index contributed by atoms with van der Waals surface area (Å²) in [6, 6.07) is 0. The maximum Gasteiger partial charge on any atom is 0.226 e. The molecule has 0 aliphatic rings. The number of nitrogens with zero attached hydrogens (tertiary/aromatic N) is 2. The van der Waals surface area contributed by atoms with Crippen LogP contribution < -0.4 is 5.32 Å². The molecule has 0 unspecified atom stereocenters. The zero-order valence-corrected chi connectivity index (χ0v) is 9.83. The highest BCUT2D eigenvalue weighted by Gasteiger charge is 2.25. The highest BCUT2D eigenvalue weighted by molar-refractivity contribution is 4.97. The van der Waals surface area contributed by atoms with Gasteiger partial charge in [-0.1, -0.05) is 5.16 Å². The fraction of sp³-hybridized carbons (Fsp3) is 0.800. The normalized spacial score (nSPS) is 12.0. The van der Waals surface area contributed by atoms with E-state index in [1.54, 1.807) is 7.11 Å². The number of rotatable bonds is 6. The maximum absolute atomic E-state index is 5.27. The molecule has 0 bridgehead atoms. The number of aromatic nitrogens is 2. The van der Waals surface area contributed by atoms with Crippen LogP contribution in [0.1, 0.15) is 32.0 Å². The molecule has 0 aromatic carbocycles. The number of hydrogen-bond acceptors (Lipinski definition) is 5. The van der Waals surface area contributed by atoms with Gasteiger partial charge in [-0.25, -0.2) is 0 Å². The molecule has 0 atom stereocenters. The van der Waals surface area contributed by atoms with Gasteiger partial charge in [-0.2, -0.15) is 4.98 Å². The molecule has 1 rings (SSSR count). The van der Waals surface area contributed by atoms with E-state index in [1.165, 1.54) is 0 Å². The fourth-order valence-corrected chi connectivity index (χ4v) is 1.11. The van der Waals surface area contributed by atoms with Gasteiger partial charge in [-0.05, 0) is 33.9 Å². The SMILES string of the molecule is CNCCCc1nc(C(C)(C)OC)no1. The average Bonchev–Trinajstić information content (AvgIpc) is 2.68. The lowest BCUT2D eigenvalue weighted by atomic mass is 10.1. The van der Waals surface area contributed by atoms with Crippen LogP contribution in [0, 0.1) is 0 Å². The molecule has 0 saturated carbocycles. The van der Waals surface area contributed by atoms with Gasteiger partial charge in [0.1, 0.15) is 5.60 Å². The van der Waals surface area contributed by atoms with Crippen molar-refractivity contribution in [1.29, 1.82) is 0 Å². The molecular formula is C10H19N3O2. The second-order valence-electron chi connectivity index (χ2n) is 3.93. The number of aryl methyl sites for hydroxylation is 1. The highest BCUT2D eigenvalue weighted by atomic mass is 16.5. The van der Waals surface area contributed by atoms with Crippen molar-refractivity contribution in [3.8, 4) is 0 Å². The minimum Gasteiger partial charge on any atom is -0.371 e. The summed E-state index contributed by atoms with van der Waals surface area (Å²) in [5.41, 5.74) is -0.481. The summed E-state index contributed by atoms with van der Waals surface area (Å²) in [5, 5.41) is 6.98. The lowest BCUT2D eigenvalue weighted by molar-refractivity contribution is 0.00973. The van der Waals surface area contributed by atoms with Gasteiger partial charge in [0.25, 0.3) is 0 Å². The standard InChI is InChI=1S/C10H19N3O2/c1-10(2,14-4)9-12-8(15-13-9)6-5-7-11-3/h11H,5-7H2,1-4H3. The first-order valence-corrected chi connectivity index (χ1v) is 5.13. The van der Waals surface area contributed by atoms with Crippen LogP contribution in [0.25, 0.3) is 0 Å². The maximum atomic E-state index is 5.27. The molecule has 0 radical (unpaired) electrons. The Morgan fingerprint density at radius 2 is 2.20 bits per heavy atom. The molecule has 0 fully saturated rings. The van der Waals surface area contributed by atoms with Crippen molar-refractivity contribution in [3.05, 3.63) is 11.7 Å². The van der Waals surface area contributed by atoms with E-state index in [-0.39, 0.29) is 0 Å². The molecular weight excluding hydrogens is 194 g/mol. The highest BCUT2D eigenvalue weighted by Crippen LogP contribution is 2.20. The average molecular weight is 213 g/mol. The second-order valence-corrected chi connectivity index (χ2v) is 3.93. The van der Waals surface area contributed by atoms with Crippen molar-refractivity contribution in [3.63, 3.8) is 0 Å². The molecule has 86 valence electrons. The third kappa shape index (κ3) is 3.28. The summed E-state index contributed by atoms with van der Waals surface area (Å²) in [6.45, 7) is 4.77. The van der Waals surface area contributed by atoms with Crippen molar-refractivity contribution in [2.24, 2.45) is 0 Å². The molecule has 5 heteroatoms. The Morgan fingerprint density at radius 3 is 2.80 bits per heavy atom. The summed E-state index contributed by atoms with van der Waals surface area (Å²) in [6.07, 6.45) is 1.79. The van der Waals surface area contributed by atoms with Gasteiger partial charge in [0.05, 0.1) is 0 Å². The van der Waals surface area contributed by atoms with Crippen LogP contribution in [0.5, 0.6) is 0 Å². The summed E-state index contributed by atoms with van der Waals surface area (Å²) >= 11 is 0. The van der Waals surface area contributed by atoms with E-state index in [0.29, 0.717) is 11.7 Å². The summed E-state index contributed by atoms with van der Waals surface area (Å²) in [5.74, 6) is 1.27. The molecule has 0 aliphatic carbocycles. The number of nitrogens with one attached hydrogen (secondary N) is 1. The number of methoxy groups -OCH3 is 1. The van der Waals surface area contributed by atoms with Crippen molar-refractivity contribution < 1.29 is 9.26 Å². The van der Waals surface area contributed by atoms with E-state index < -0.39 is 5.60 Å². The molecule has 15 heavy (non-hydrogen) atoms. The Balaban J connectivity index is 2.56. The van der Waals surface area contributed by atoms with Crippen LogP contribution in [-0.2, 0) is 16.8 Å². The molecule has 1 N–H and O–H groups in total. The first-order valence-electron chi connectivity index (χ1n) is 5.13. The zero-order chi connectivity index (χ0) is 11.3. The van der Waals surface area contributed by atoms with E-state index in [2.05, 4.69) is 15.5 Å². The Morgan fingerprint density at radius 1 is 1.47 bits per heavy atom. The summed E-state index contributed by atoms with van der Waals surface area (Å²) in [7, 11) is 3.56. The van der Waals surface area contributed by atoms with Crippen LogP contribution in [-0.4, -0.2) is 30.8 Å². The minimum atomic E-state index is -0.481. The first kappa shape index (κ1) is 12.1. The van der Waals surface area contributed by atoms with Crippen molar-refractivity contribution in [2.45, 2.75) is 32.3 Å². The second kappa shape index (κ2) is 5.23. The van der Waals surface area contributed by atoms with Crippen molar-refractivity contribution in [2.75, 3.05) is 20.7 Å². The van der Waals surface area contributed by atoms with Crippen LogP contribution in [0.3, 0.4) is 0 Å². The van der Waals surface area contributed by atoms with Crippen LogP contribution >= 0.6 is 0 Å². The Labute approximate surface area is 90.2 Å². The monoisotopic (exact) mass is 213 g/mol. The lowest BCUT2D eigenvalue weighted by Crippen LogP contribution is -2.21. The molecule has 0 amide bonds. The molecule has 5 nitrogen and oxygen atoms in total. The van der Waals surface area contributed by atoms with Crippen molar-refractivity contribution in [1.82, 2.24) is 15.5 Å². The fourth-order valence-electron chi connectivity index (χ4n) is 1.11. The van der Waals surface area contributed by atoms with Crippen molar-refractivity contribution >= 4 is 0 Å². The zero-order valence-electron chi connectivity index (χ0n) is 9.83. The quantitative estimate of drug-likeness (QED) is 0.717. The van der Waals surface area contributed by atoms with Crippen LogP contribution in [0.15, 0.2) is 4.52 Å². The van der Waals surface area contributed by atoms with E-state index in [4.69, 9.17) is 9.26 Å². The molecule has 1 aromatic rings. The van der Waals surface area contributed by atoms with Gasteiger partial charge < -0.3 is 14.6 Å². The van der Waals surface area contributed by atoms with Gasteiger partial charge in [0.2, 0.25) is 11.7 Å². The lowest BCUT2D eigenvalue weighted by Gasteiger charge is -2.17. The summed E-state index contributed by atoms with van der Waals surface area (Å²) < 4.78 is 10.4. The number of ether oxygens (including phenoxy) is 1. The Kier molecular flexibility index (Phi) is 4.23. The Hall–Kier alpha value is -0.940. The van der Waals surface area contributed by atoms with Gasteiger partial charge >= 0.3 is 0 Å². The molecule has 0 aliphatic heterocycles. The summed E-state index contributed by atoms with van der Waals surface area (Å²) in [4.78, 5) is 4.29. The van der Waals surface area contributed by atoms with E-state index >= 15 is 0 Å². The molecule has 1 aromatic heterocycles. The van der Waals surface area contributed by atoms with Gasteiger partial charge in [-0.3, -0.25) is 0 Å². The molecule has 0 saturated heterocycles. The molecule has 1 heterocycles. The predicted molar refractivity (Wildman–Crippen MR) is 56.6 cm³/mol. The van der Waals surface area contributed by atoms with Crippen LogP contribution in [0.4, 0.5) is 0 Å². The van der Waals surface area contributed by atoms with E-state index in [0.717, 1.165) is 19.4 Å². The molecule has 0 spiro atoms. The smallest absolute Gasteiger partial charge is 0.226 e. The van der Waals surface area contributed by atoms with Gasteiger partial charge in [-0.15, -0.1) is 0 Å². The predicted octanol–water partition coefficient (Wildman–Crippen LogP) is 1.10.